The topological polar surface area (TPSA) is 72.6 Å². The summed E-state index contributed by atoms with van der Waals surface area (Å²) in [4.78, 5) is 0. The van der Waals surface area contributed by atoms with Crippen molar-refractivity contribution in [2.45, 2.75) is 49.3 Å². The van der Waals surface area contributed by atoms with Crippen molar-refractivity contribution in [2.24, 2.45) is 5.73 Å². The van der Waals surface area contributed by atoms with E-state index in [0.29, 0.717) is 32.6 Å². The van der Waals surface area contributed by atoms with Gasteiger partial charge in [0.05, 0.1) is 5.25 Å². The van der Waals surface area contributed by atoms with Crippen LogP contribution in [0.4, 0.5) is 0 Å². The predicted octanol–water partition coefficient (Wildman–Crippen LogP) is 0.699. The zero-order chi connectivity index (χ0) is 13.2. The van der Waals surface area contributed by atoms with Crippen LogP contribution in [0.1, 0.15) is 38.5 Å². The van der Waals surface area contributed by atoms with Crippen molar-refractivity contribution in [1.29, 1.82) is 0 Å². The van der Waals surface area contributed by atoms with E-state index < -0.39 is 10.0 Å². The van der Waals surface area contributed by atoms with Crippen LogP contribution in [0.2, 0.25) is 0 Å². The van der Waals surface area contributed by atoms with Crippen molar-refractivity contribution in [2.75, 3.05) is 26.8 Å². The highest BCUT2D eigenvalue weighted by Gasteiger charge is 2.44. The SMILES string of the molecule is CN(C1(CN)CCCC1)S(=O)(=O)C1CCOCC1. The van der Waals surface area contributed by atoms with Crippen LogP contribution in [0.15, 0.2) is 0 Å². The molecule has 0 atom stereocenters. The number of ether oxygens (including phenoxy) is 1. The average molecular weight is 276 g/mol. The van der Waals surface area contributed by atoms with E-state index in [2.05, 4.69) is 0 Å². The second-order valence-electron chi connectivity index (χ2n) is 5.46. The molecule has 5 nitrogen and oxygen atoms in total. The Morgan fingerprint density at radius 2 is 1.83 bits per heavy atom. The molecule has 2 fully saturated rings. The van der Waals surface area contributed by atoms with Crippen LogP contribution in [-0.2, 0) is 14.8 Å². The zero-order valence-corrected chi connectivity index (χ0v) is 11.9. The van der Waals surface area contributed by atoms with Gasteiger partial charge in [0.15, 0.2) is 0 Å². The van der Waals surface area contributed by atoms with Gasteiger partial charge in [-0.2, -0.15) is 4.31 Å². The molecule has 0 aromatic heterocycles. The van der Waals surface area contributed by atoms with Crippen LogP contribution in [0.5, 0.6) is 0 Å². The lowest BCUT2D eigenvalue weighted by Crippen LogP contribution is -2.55. The monoisotopic (exact) mass is 276 g/mol. The van der Waals surface area contributed by atoms with Crippen LogP contribution >= 0.6 is 0 Å². The van der Waals surface area contributed by atoms with Gasteiger partial charge in [0.2, 0.25) is 10.0 Å². The minimum atomic E-state index is -3.24. The van der Waals surface area contributed by atoms with Crippen molar-refractivity contribution in [1.82, 2.24) is 4.31 Å². The van der Waals surface area contributed by atoms with Gasteiger partial charge in [-0.05, 0) is 25.7 Å². The van der Waals surface area contributed by atoms with Crippen LogP contribution in [-0.4, -0.2) is 50.3 Å². The van der Waals surface area contributed by atoms with E-state index in [1.165, 1.54) is 0 Å². The molecule has 1 aliphatic carbocycles. The fourth-order valence-electron chi connectivity index (χ4n) is 3.15. The van der Waals surface area contributed by atoms with Crippen LogP contribution < -0.4 is 5.73 Å². The maximum atomic E-state index is 12.7. The summed E-state index contributed by atoms with van der Waals surface area (Å²) in [5.74, 6) is 0. The molecular weight excluding hydrogens is 252 g/mol. The average Bonchev–Trinajstić information content (AvgIpc) is 2.88. The Labute approximate surface area is 110 Å². The molecule has 0 aromatic rings. The number of rotatable bonds is 4. The number of nitrogens with two attached hydrogens (primary N) is 1. The molecule has 1 aliphatic heterocycles. The highest BCUT2D eigenvalue weighted by Crippen LogP contribution is 2.37. The lowest BCUT2D eigenvalue weighted by atomic mass is 9.98. The van der Waals surface area contributed by atoms with E-state index in [9.17, 15) is 8.42 Å². The number of sulfonamides is 1. The fourth-order valence-corrected chi connectivity index (χ4v) is 5.18. The maximum absolute atomic E-state index is 12.7. The number of nitrogens with zero attached hydrogens (tertiary/aromatic N) is 1. The second kappa shape index (κ2) is 5.45. The minimum absolute atomic E-state index is 0.291. The van der Waals surface area contributed by atoms with Crippen molar-refractivity contribution >= 4 is 10.0 Å². The molecule has 2 rings (SSSR count). The van der Waals surface area contributed by atoms with Gasteiger partial charge in [-0.25, -0.2) is 8.42 Å². The van der Waals surface area contributed by atoms with Gasteiger partial charge in [-0.3, -0.25) is 0 Å². The Morgan fingerprint density at radius 3 is 2.33 bits per heavy atom. The smallest absolute Gasteiger partial charge is 0.217 e. The molecule has 106 valence electrons. The van der Waals surface area contributed by atoms with Crippen molar-refractivity contribution in [3.8, 4) is 0 Å². The highest BCUT2D eigenvalue weighted by atomic mass is 32.2. The van der Waals surface area contributed by atoms with Crippen LogP contribution in [0, 0.1) is 0 Å². The summed E-state index contributed by atoms with van der Waals surface area (Å²) in [7, 11) is -1.53. The summed E-state index contributed by atoms with van der Waals surface area (Å²) in [6.45, 7) is 1.52. The maximum Gasteiger partial charge on any atom is 0.217 e. The van der Waals surface area contributed by atoms with Crippen molar-refractivity contribution in [3.05, 3.63) is 0 Å². The van der Waals surface area contributed by atoms with Crippen molar-refractivity contribution in [3.63, 3.8) is 0 Å². The van der Waals surface area contributed by atoms with Gasteiger partial charge in [0.25, 0.3) is 0 Å². The molecule has 1 saturated carbocycles. The summed E-state index contributed by atoms with van der Waals surface area (Å²) in [6.07, 6.45) is 5.14. The Kier molecular flexibility index (Phi) is 4.31. The molecule has 0 bridgehead atoms. The Balaban J connectivity index is 2.17. The Hall–Kier alpha value is -0.170. The van der Waals surface area contributed by atoms with Crippen LogP contribution in [0.25, 0.3) is 0 Å². The molecule has 18 heavy (non-hydrogen) atoms. The third-order valence-electron chi connectivity index (χ3n) is 4.55. The van der Waals surface area contributed by atoms with Crippen molar-refractivity contribution < 1.29 is 13.2 Å². The minimum Gasteiger partial charge on any atom is -0.381 e. The molecule has 1 heterocycles. The van der Waals surface area contributed by atoms with E-state index in [0.717, 1.165) is 25.7 Å². The lowest BCUT2D eigenvalue weighted by molar-refractivity contribution is 0.0960. The summed E-state index contributed by atoms with van der Waals surface area (Å²) in [5.41, 5.74) is 5.53. The first-order valence-electron chi connectivity index (χ1n) is 6.79. The molecular formula is C12H24N2O3S. The largest absolute Gasteiger partial charge is 0.381 e. The Morgan fingerprint density at radius 1 is 1.28 bits per heavy atom. The summed E-state index contributed by atoms with van der Waals surface area (Å²) >= 11 is 0. The molecule has 0 unspecified atom stereocenters. The lowest BCUT2D eigenvalue weighted by Gasteiger charge is -2.39. The van der Waals surface area contributed by atoms with Gasteiger partial charge < -0.3 is 10.5 Å². The first kappa shape index (κ1) is 14.2. The third-order valence-corrected chi connectivity index (χ3v) is 7.02. The van der Waals surface area contributed by atoms with E-state index in [4.69, 9.17) is 10.5 Å². The normalized spacial score (nSPS) is 25.7. The highest BCUT2D eigenvalue weighted by molar-refractivity contribution is 7.89. The quantitative estimate of drug-likeness (QED) is 0.820. The molecule has 0 spiro atoms. The standard InChI is InChI=1S/C12H24N2O3S/c1-14(12(10-13)6-2-3-7-12)18(15,16)11-4-8-17-9-5-11/h11H,2-10,13H2,1H3. The molecule has 0 amide bonds. The summed E-state index contributed by atoms with van der Waals surface area (Å²) in [5, 5.41) is -0.291. The molecule has 2 aliphatic rings. The van der Waals surface area contributed by atoms with E-state index in [1.807, 2.05) is 0 Å². The first-order valence-corrected chi connectivity index (χ1v) is 8.29. The summed E-state index contributed by atoms with van der Waals surface area (Å²) in [6, 6.07) is 0. The number of hydrogen-bond donors (Lipinski definition) is 1. The van der Waals surface area contributed by atoms with E-state index in [1.54, 1.807) is 11.4 Å². The van der Waals surface area contributed by atoms with E-state index in [-0.39, 0.29) is 10.8 Å². The fraction of sp³-hybridized carbons (Fsp3) is 1.00. The van der Waals surface area contributed by atoms with Crippen LogP contribution in [0.3, 0.4) is 0 Å². The van der Waals surface area contributed by atoms with Gasteiger partial charge in [0, 0.05) is 32.3 Å². The number of hydrogen-bond acceptors (Lipinski definition) is 4. The number of likely N-dealkylation sites (N-methyl/N-ethyl adjacent to an activating group) is 1. The Bertz CT molecular complexity index is 371. The van der Waals surface area contributed by atoms with E-state index >= 15 is 0 Å². The third kappa shape index (κ3) is 2.43. The predicted molar refractivity (Wildman–Crippen MR) is 70.8 cm³/mol. The van der Waals surface area contributed by atoms with Gasteiger partial charge in [-0.15, -0.1) is 0 Å². The summed E-state index contributed by atoms with van der Waals surface area (Å²) < 4.78 is 32.1. The van der Waals surface area contributed by atoms with Gasteiger partial charge in [-0.1, -0.05) is 12.8 Å². The second-order valence-corrected chi connectivity index (χ2v) is 7.70. The molecule has 0 aromatic carbocycles. The first-order chi connectivity index (χ1) is 8.53. The molecule has 1 saturated heterocycles. The van der Waals surface area contributed by atoms with Gasteiger partial charge >= 0.3 is 0 Å². The molecule has 6 heteroatoms. The zero-order valence-electron chi connectivity index (χ0n) is 11.1. The molecule has 0 radical (unpaired) electrons. The van der Waals surface area contributed by atoms with Gasteiger partial charge in [0.1, 0.15) is 0 Å². The molecule has 2 N–H and O–H groups in total.